The number of aryl methyl sites for hydroxylation is 1. The molecule has 2 heterocycles. The number of rotatable bonds is 5. The van der Waals surface area contributed by atoms with E-state index in [1.165, 1.54) is 4.88 Å². The van der Waals surface area contributed by atoms with Gasteiger partial charge in [-0.2, -0.15) is 4.98 Å². The van der Waals surface area contributed by atoms with Gasteiger partial charge < -0.3 is 10.6 Å². The van der Waals surface area contributed by atoms with E-state index in [0.717, 1.165) is 18.1 Å². The van der Waals surface area contributed by atoms with Gasteiger partial charge in [-0.1, -0.05) is 19.9 Å². The average molecular weight is 276 g/mol. The van der Waals surface area contributed by atoms with E-state index in [0.29, 0.717) is 5.95 Å². The number of aromatic nitrogens is 2. The van der Waals surface area contributed by atoms with Crippen LogP contribution >= 0.6 is 11.3 Å². The first-order valence-electron chi connectivity index (χ1n) is 6.32. The molecule has 102 valence electrons. The van der Waals surface area contributed by atoms with Crippen molar-refractivity contribution in [3.63, 3.8) is 0 Å². The summed E-state index contributed by atoms with van der Waals surface area (Å²) in [6, 6.07) is 6.23. The molecule has 0 amide bonds. The molecule has 2 N–H and O–H groups in total. The molecule has 0 saturated carbocycles. The summed E-state index contributed by atoms with van der Waals surface area (Å²) in [6.07, 6.45) is 0. The van der Waals surface area contributed by atoms with Crippen LogP contribution in [-0.4, -0.2) is 23.6 Å². The summed E-state index contributed by atoms with van der Waals surface area (Å²) in [7, 11) is 1.83. The number of thiophene rings is 1. The predicted octanol–water partition coefficient (Wildman–Crippen LogP) is 3.28. The van der Waals surface area contributed by atoms with E-state index in [1.54, 1.807) is 11.3 Å². The van der Waals surface area contributed by atoms with Crippen LogP contribution in [-0.2, 0) is 5.41 Å². The molecule has 4 nitrogen and oxygen atoms in total. The Bertz CT molecular complexity index is 534. The summed E-state index contributed by atoms with van der Waals surface area (Å²) in [5.41, 5.74) is 1.04. The molecule has 0 fully saturated rings. The molecule has 0 unspecified atom stereocenters. The standard InChI is InChI=1S/C14H20N4S/c1-10-8-12(18-13(15-4)17-10)16-9-14(2,3)11-6-5-7-19-11/h5-8H,9H2,1-4H3,(H2,15,16,17,18). The lowest BCUT2D eigenvalue weighted by Crippen LogP contribution is -2.27. The van der Waals surface area contributed by atoms with Gasteiger partial charge in [-0.25, -0.2) is 4.98 Å². The molecule has 19 heavy (non-hydrogen) atoms. The monoisotopic (exact) mass is 276 g/mol. The summed E-state index contributed by atoms with van der Waals surface area (Å²) in [6.45, 7) is 7.28. The number of nitrogens with one attached hydrogen (secondary N) is 2. The lowest BCUT2D eigenvalue weighted by Gasteiger charge is -2.24. The molecule has 0 atom stereocenters. The molecule has 0 spiro atoms. The first kappa shape index (κ1) is 13.8. The molecule has 2 aromatic heterocycles. The van der Waals surface area contributed by atoms with Crippen molar-refractivity contribution in [3.05, 3.63) is 34.2 Å². The third kappa shape index (κ3) is 3.44. The first-order valence-corrected chi connectivity index (χ1v) is 7.20. The van der Waals surface area contributed by atoms with Gasteiger partial charge in [-0.05, 0) is 18.4 Å². The molecule has 5 heteroatoms. The SMILES string of the molecule is CNc1nc(C)cc(NCC(C)(C)c2cccs2)n1. The molecule has 0 aromatic carbocycles. The van der Waals surface area contributed by atoms with Crippen molar-refractivity contribution in [1.82, 2.24) is 9.97 Å². The highest BCUT2D eigenvalue weighted by Crippen LogP contribution is 2.27. The number of anilines is 2. The van der Waals surface area contributed by atoms with Gasteiger partial charge in [0, 0.05) is 35.6 Å². The lowest BCUT2D eigenvalue weighted by atomic mass is 9.91. The summed E-state index contributed by atoms with van der Waals surface area (Å²) in [5, 5.41) is 8.49. The summed E-state index contributed by atoms with van der Waals surface area (Å²) in [5.74, 6) is 1.51. The van der Waals surface area contributed by atoms with Crippen LogP contribution in [0.25, 0.3) is 0 Å². The van der Waals surface area contributed by atoms with E-state index < -0.39 is 0 Å². The van der Waals surface area contributed by atoms with E-state index in [1.807, 2.05) is 20.0 Å². The van der Waals surface area contributed by atoms with E-state index >= 15 is 0 Å². The molecule has 0 aliphatic carbocycles. The zero-order chi connectivity index (χ0) is 13.9. The molecule has 0 aliphatic rings. The van der Waals surface area contributed by atoms with Crippen molar-refractivity contribution >= 4 is 23.1 Å². The van der Waals surface area contributed by atoms with Crippen molar-refractivity contribution in [3.8, 4) is 0 Å². The van der Waals surface area contributed by atoms with E-state index in [-0.39, 0.29) is 5.41 Å². The van der Waals surface area contributed by atoms with Gasteiger partial charge in [0.2, 0.25) is 5.95 Å². The van der Waals surface area contributed by atoms with Crippen LogP contribution < -0.4 is 10.6 Å². The summed E-state index contributed by atoms with van der Waals surface area (Å²) < 4.78 is 0. The Morgan fingerprint density at radius 2 is 2.11 bits per heavy atom. The van der Waals surface area contributed by atoms with Crippen LogP contribution in [0.5, 0.6) is 0 Å². The Hall–Kier alpha value is -1.62. The van der Waals surface area contributed by atoms with Crippen molar-refractivity contribution in [2.24, 2.45) is 0 Å². The number of nitrogens with zero attached hydrogens (tertiary/aromatic N) is 2. The maximum absolute atomic E-state index is 4.41. The highest BCUT2D eigenvalue weighted by Gasteiger charge is 2.21. The van der Waals surface area contributed by atoms with Crippen molar-refractivity contribution in [2.45, 2.75) is 26.2 Å². The van der Waals surface area contributed by atoms with Gasteiger partial charge in [0.05, 0.1) is 0 Å². The molecule has 0 radical (unpaired) electrons. The third-order valence-corrected chi connectivity index (χ3v) is 4.21. The van der Waals surface area contributed by atoms with Crippen molar-refractivity contribution < 1.29 is 0 Å². The maximum atomic E-state index is 4.41. The van der Waals surface area contributed by atoms with Gasteiger partial charge in [-0.3, -0.25) is 0 Å². The maximum Gasteiger partial charge on any atom is 0.224 e. The Balaban J connectivity index is 2.08. The Morgan fingerprint density at radius 1 is 1.32 bits per heavy atom. The van der Waals surface area contributed by atoms with Crippen LogP contribution in [0.1, 0.15) is 24.4 Å². The predicted molar refractivity (Wildman–Crippen MR) is 82.2 cm³/mol. The van der Waals surface area contributed by atoms with Gasteiger partial charge in [0.1, 0.15) is 5.82 Å². The van der Waals surface area contributed by atoms with Crippen LogP contribution in [0.4, 0.5) is 11.8 Å². The average Bonchev–Trinajstić information content (AvgIpc) is 2.90. The smallest absolute Gasteiger partial charge is 0.224 e. The first-order chi connectivity index (χ1) is 9.01. The minimum atomic E-state index is 0.0901. The zero-order valence-electron chi connectivity index (χ0n) is 11.8. The van der Waals surface area contributed by atoms with Crippen molar-refractivity contribution in [1.29, 1.82) is 0 Å². The van der Waals surface area contributed by atoms with E-state index in [9.17, 15) is 0 Å². The molecule has 2 aromatic rings. The third-order valence-electron chi connectivity index (χ3n) is 2.98. The van der Waals surface area contributed by atoms with Crippen molar-refractivity contribution in [2.75, 3.05) is 24.2 Å². The van der Waals surface area contributed by atoms with Crippen LogP contribution in [0.3, 0.4) is 0 Å². The second kappa shape index (κ2) is 5.57. The second-order valence-electron chi connectivity index (χ2n) is 5.18. The molecular formula is C14H20N4S. The fourth-order valence-corrected chi connectivity index (χ4v) is 2.69. The largest absolute Gasteiger partial charge is 0.369 e. The van der Waals surface area contributed by atoms with E-state index in [4.69, 9.17) is 0 Å². The highest BCUT2D eigenvalue weighted by atomic mass is 32.1. The van der Waals surface area contributed by atoms with Crippen LogP contribution in [0.15, 0.2) is 23.6 Å². The van der Waals surface area contributed by atoms with E-state index in [2.05, 4.69) is 52.0 Å². The topological polar surface area (TPSA) is 49.8 Å². The zero-order valence-corrected chi connectivity index (χ0v) is 12.6. The fourth-order valence-electron chi connectivity index (χ4n) is 1.83. The summed E-state index contributed by atoms with van der Waals surface area (Å²) in [4.78, 5) is 10.1. The highest BCUT2D eigenvalue weighted by molar-refractivity contribution is 7.10. The molecule has 0 aliphatic heterocycles. The minimum Gasteiger partial charge on any atom is -0.369 e. The normalized spacial score (nSPS) is 11.4. The quantitative estimate of drug-likeness (QED) is 0.880. The minimum absolute atomic E-state index is 0.0901. The van der Waals surface area contributed by atoms with Crippen LogP contribution in [0.2, 0.25) is 0 Å². The van der Waals surface area contributed by atoms with Gasteiger partial charge in [-0.15, -0.1) is 11.3 Å². The van der Waals surface area contributed by atoms with Gasteiger partial charge in [0.15, 0.2) is 0 Å². The van der Waals surface area contributed by atoms with Gasteiger partial charge >= 0.3 is 0 Å². The Labute approximate surface area is 118 Å². The molecular weight excluding hydrogens is 256 g/mol. The summed E-state index contributed by atoms with van der Waals surface area (Å²) >= 11 is 1.79. The van der Waals surface area contributed by atoms with Gasteiger partial charge in [0.25, 0.3) is 0 Å². The Kier molecular flexibility index (Phi) is 4.04. The number of hydrogen-bond donors (Lipinski definition) is 2. The van der Waals surface area contributed by atoms with Crippen LogP contribution in [0, 0.1) is 6.92 Å². The lowest BCUT2D eigenvalue weighted by molar-refractivity contribution is 0.568. The molecule has 0 saturated heterocycles. The molecule has 2 rings (SSSR count). The molecule has 0 bridgehead atoms. The fraction of sp³-hybridized carbons (Fsp3) is 0.429. The Morgan fingerprint density at radius 3 is 2.74 bits per heavy atom. The second-order valence-corrected chi connectivity index (χ2v) is 6.13. The number of hydrogen-bond acceptors (Lipinski definition) is 5.